The fraction of sp³-hybridized carbons (Fsp3) is 0.632. The second-order valence-corrected chi connectivity index (χ2v) is 6.34. The van der Waals surface area contributed by atoms with E-state index in [2.05, 4.69) is 41.4 Å². The van der Waals surface area contributed by atoms with Crippen molar-refractivity contribution in [1.29, 1.82) is 0 Å². The van der Waals surface area contributed by atoms with Crippen molar-refractivity contribution >= 4 is 5.91 Å². The van der Waals surface area contributed by atoms with Gasteiger partial charge in [-0.2, -0.15) is 0 Å². The summed E-state index contributed by atoms with van der Waals surface area (Å²) >= 11 is 0. The highest BCUT2D eigenvalue weighted by atomic mass is 16.5. The molecule has 0 saturated carbocycles. The summed E-state index contributed by atoms with van der Waals surface area (Å²) in [5, 5.41) is 3.06. The van der Waals surface area contributed by atoms with Crippen molar-refractivity contribution in [3.05, 3.63) is 35.4 Å². The standard InChI is InChI=1S/C19H30N2O2/c1-3-23-13-7-11-20-19(22)18-10-6-12-21(15-18)14-17-9-5-4-8-16(17)2/h4-5,8-9,18H,3,6-7,10-15H2,1-2H3,(H,20,22). The van der Waals surface area contributed by atoms with Gasteiger partial charge in [0.2, 0.25) is 5.91 Å². The molecule has 0 radical (unpaired) electrons. The van der Waals surface area contributed by atoms with Crippen LogP contribution in [-0.4, -0.2) is 43.7 Å². The fourth-order valence-electron chi connectivity index (χ4n) is 3.12. The average molecular weight is 318 g/mol. The maximum atomic E-state index is 12.3. The van der Waals surface area contributed by atoms with Gasteiger partial charge in [0, 0.05) is 32.8 Å². The van der Waals surface area contributed by atoms with Gasteiger partial charge in [0.25, 0.3) is 0 Å². The number of amides is 1. The Morgan fingerprint density at radius 3 is 3.00 bits per heavy atom. The van der Waals surface area contributed by atoms with Crippen LogP contribution in [0, 0.1) is 12.8 Å². The van der Waals surface area contributed by atoms with Crippen molar-refractivity contribution in [2.75, 3.05) is 32.8 Å². The van der Waals surface area contributed by atoms with Gasteiger partial charge in [-0.05, 0) is 50.8 Å². The van der Waals surface area contributed by atoms with E-state index >= 15 is 0 Å². The number of carbonyl (C=O) groups is 1. The van der Waals surface area contributed by atoms with Crippen LogP contribution < -0.4 is 5.32 Å². The molecule has 1 saturated heterocycles. The van der Waals surface area contributed by atoms with Crippen LogP contribution in [0.3, 0.4) is 0 Å². The summed E-state index contributed by atoms with van der Waals surface area (Å²) in [6, 6.07) is 8.51. The molecule has 1 fully saturated rings. The first-order valence-electron chi connectivity index (χ1n) is 8.83. The maximum absolute atomic E-state index is 12.3. The van der Waals surface area contributed by atoms with Gasteiger partial charge in [0.15, 0.2) is 0 Å². The van der Waals surface area contributed by atoms with E-state index < -0.39 is 0 Å². The molecule has 1 aromatic carbocycles. The number of aryl methyl sites for hydroxylation is 1. The second-order valence-electron chi connectivity index (χ2n) is 6.34. The number of rotatable bonds is 8. The van der Waals surface area contributed by atoms with Crippen molar-refractivity contribution in [3.63, 3.8) is 0 Å². The lowest BCUT2D eigenvalue weighted by Crippen LogP contribution is -2.43. The Morgan fingerprint density at radius 2 is 2.22 bits per heavy atom. The first-order valence-corrected chi connectivity index (χ1v) is 8.83. The van der Waals surface area contributed by atoms with Crippen LogP contribution in [0.15, 0.2) is 24.3 Å². The molecule has 4 nitrogen and oxygen atoms in total. The topological polar surface area (TPSA) is 41.6 Å². The minimum absolute atomic E-state index is 0.125. The highest BCUT2D eigenvalue weighted by Gasteiger charge is 2.25. The summed E-state index contributed by atoms with van der Waals surface area (Å²) < 4.78 is 5.30. The van der Waals surface area contributed by atoms with Gasteiger partial charge in [0.05, 0.1) is 5.92 Å². The van der Waals surface area contributed by atoms with E-state index in [4.69, 9.17) is 4.74 Å². The zero-order chi connectivity index (χ0) is 16.5. The van der Waals surface area contributed by atoms with E-state index in [9.17, 15) is 4.79 Å². The Kier molecular flexibility index (Phi) is 7.56. The van der Waals surface area contributed by atoms with E-state index in [1.54, 1.807) is 0 Å². The number of hydrogen-bond acceptors (Lipinski definition) is 3. The second kappa shape index (κ2) is 9.68. The Hall–Kier alpha value is -1.39. The van der Waals surface area contributed by atoms with Crippen LogP contribution in [0.2, 0.25) is 0 Å². The molecule has 0 spiro atoms. The summed E-state index contributed by atoms with van der Waals surface area (Å²) in [5.74, 6) is 0.329. The fourth-order valence-corrected chi connectivity index (χ4v) is 3.12. The lowest BCUT2D eigenvalue weighted by Gasteiger charge is -2.32. The van der Waals surface area contributed by atoms with Crippen molar-refractivity contribution in [2.45, 2.75) is 39.7 Å². The molecule has 1 heterocycles. The molecular formula is C19H30N2O2. The Morgan fingerprint density at radius 1 is 1.39 bits per heavy atom. The molecule has 4 heteroatoms. The number of likely N-dealkylation sites (tertiary alicyclic amines) is 1. The van der Waals surface area contributed by atoms with Crippen molar-refractivity contribution in [2.24, 2.45) is 5.92 Å². The van der Waals surface area contributed by atoms with Gasteiger partial charge in [-0.15, -0.1) is 0 Å². The summed E-state index contributed by atoms with van der Waals surface area (Å²) in [4.78, 5) is 14.7. The Balaban J connectivity index is 1.76. The summed E-state index contributed by atoms with van der Waals surface area (Å²) in [5.41, 5.74) is 2.69. The lowest BCUT2D eigenvalue weighted by atomic mass is 9.96. The summed E-state index contributed by atoms with van der Waals surface area (Å²) in [6.07, 6.45) is 2.99. The first-order chi connectivity index (χ1) is 11.2. The van der Waals surface area contributed by atoms with Crippen molar-refractivity contribution in [1.82, 2.24) is 10.2 Å². The summed E-state index contributed by atoms with van der Waals surface area (Å²) in [7, 11) is 0. The van der Waals surface area contributed by atoms with E-state index in [0.29, 0.717) is 6.54 Å². The third kappa shape index (κ3) is 5.96. The third-order valence-corrected chi connectivity index (χ3v) is 4.50. The number of hydrogen-bond donors (Lipinski definition) is 1. The molecule has 128 valence electrons. The Bertz CT molecular complexity index is 490. The number of carbonyl (C=O) groups excluding carboxylic acids is 1. The van der Waals surface area contributed by atoms with E-state index in [1.807, 2.05) is 6.92 Å². The largest absolute Gasteiger partial charge is 0.382 e. The number of piperidine rings is 1. The number of nitrogens with zero attached hydrogens (tertiary/aromatic N) is 1. The number of nitrogens with one attached hydrogen (secondary N) is 1. The molecule has 1 unspecified atom stereocenters. The van der Waals surface area contributed by atoms with Crippen LogP contribution in [0.5, 0.6) is 0 Å². The van der Waals surface area contributed by atoms with Gasteiger partial charge in [-0.3, -0.25) is 9.69 Å². The normalized spacial score (nSPS) is 18.8. The molecule has 23 heavy (non-hydrogen) atoms. The maximum Gasteiger partial charge on any atom is 0.224 e. The molecule has 1 aromatic rings. The van der Waals surface area contributed by atoms with Gasteiger partial charge in [0.1, 0.15) is 0 Å². The molecule has 1 aliphatic heterocycles. The monoisotopic (exact) mass is 318 g/mol. The molecule has 1 aliphatic rings. The zero-order valence-corrected chi connectivity index (χ0v) is 14.5. The minimum atomic E-state index is 0.125. The van der Waals surface area contributed by atoms with E-state index in [1.165, 1.54) is 11.1 Å². The number of ether oxygens (including phenoxy) is 1. The quantitative estimate of drug-likeness (QED) is 0.749. The molecule has 1 amide bonds. The minimum Gasteiger partial charge on any atom is -0.382 e. The molecule has 2 rings (SSSR count). The Labute approximate surface area is 140 Å². The first kappa shape index (κ1) is 18.0. The highest BCUT2D eigenvalue weighted by Crippen LogP contribution is 2.20. The van der Waals surface area contributed by atoms with E-state index in [0.717, 1.165) is 52.1 Å². The van der Waals surface area contributed by atoms with Gasteiger partial charge in [-0.25, -0.2) is 0 Å². The predicted octanol–water partition coefficient (Wildman–Crippen LogP) is 2.75. The molecule has 0 aromatic heterocycles. The molecule has 0 bridgehead atoms. The summed E-state index contributed by atoms with van der Waals surface area (Å²) in [6.45, 7) is 9.22. The van der Waals surface area contributed by atoms with Gasteiger partial charge in [-0.1, -0.05) is 24.3 Å². The average Bonchev–Trinajstić information content (AvgIpc) is 2.57. The SMILES string of the molecule is CCOCCCNC(=O)C1CCCN(Cc2ccccc2C)C1. The molecule has 1 atom stereocenters. The van der Waals surface area contributed by atoms with E-state index in [-0.39, 0.29) is 11.8 Å². The van der Waals surface area contributed by atoms with Crippen LogP contribution >= 0.6 is 0 Å². The molecule has 1 N–H and O–H groups in total. The molecule has 0 aliphatic carbocycles. The van der Waals surface area contributed by atoms with Crippen LogP contribution in [0.1, 0.15) is 37.3 Å². The van der Waals surface area contributed by atoms with Crippen molar-refractivity contribution in [3.8, 4) is 0 Å². The zero-order valence-electron chi connectivity index (χ0n) is 14.5. The smallest absolute Gasteiger partial charge is 0.224 e. The van der Waals surface area contributed by atoms with Crippen molar-refractivity contribution < 1.29 is 9.53 Å². The predicted molar refractivity (Wildman–Crippen MR) is 93.3 cm³/mol. The number of benzene rings is 1. The van der Waals surface area contributed by atoms with Crippen LogP contribution in [0.4, 0.5) is 0 Å². The van der Waals surface area contributed by atoms with Gasteiger partial charge >= 0.3 is 0 Å². The highest BCUT2D eigenvalue weighted by molar-refractivity contribution is 5.78. The van der Waals surface area contributed by atoms with Crippen LogP contribution in [-0.2, 0) is 16.1 Å². The van der Waals surface area contributed by atoms with Crippen LogP contribution in [0.25, 0.3) is 0 Å². The lowest BCUT2D eigenvalue weighted by molar-refractivity contribution is -0.126. The van der Waals surface area contributed by atoms with Gasteiger partial charge < -0.3 is 10.1 Å². The third-order valence-electron chi connectivity index (χ3n) is 4.50. The molecular weight excluding hydrogens is 288 g/mol.